The predicted molar refractivity (Wildman–Crippen MR) is 186 cm³/mol. The first kappa shape index (κ1) is 42.0. The lowest BCUT2D eigenvalue weighted by Crippen LogP contribution is -2.47. The number of aromatic nitrogens is 2. The van der Waals surface area contributed by atoms with E-state index in [1.807, 2.05) is 56.7 Å². The lowest BCUT2D eigenvalue weighted by Gasteiger charge is -2.27. The molecule has 2 aromatic heterocycles. The number of carbonyl (C=O) groups is 3. The number of rotatable bonds is 12. The summed E-state index contributed by atoms with van der Waals surface area (Å²) < 4.78 is 6.06. The van der Waals surface area contributed by atoms with Crippen LogP contribution in [0.25, 0.3) is 0 Å². The number of likely N-dealkylation sites (N-methyl/N-ethyl adjacent to an activating group) is 1. The Labute approximate surface area is 287 Å². The van der Waals surface area contributed by atoms with Crippen LogP contribution in [0.3, 0.4) is 0 Å². The fourth-order valence-corrected chi connectivity index (χ4v) is 5.08. The first-order valence-corrected chi connectivity index (χ1v) is 14.8. The molecule has 250 valence electrons. The van der Waals surface area contributed by atoms with Gasteiger partial charge in [-0.2, -0.15) is 0 Å². The highest BCUT2D eigenvalue weighted by molar-refractivity contribution is 7.07. The number of hydrogen-bond donors (Lipinski definition) is 2. The molecule has 1 aromatic carbocycles. The van der Waals surface area contributed by atoms with Gasteiger partial charge in [-0.15, -0.1) is 48.6 Å². The third-order valence-corrected chi connectivity index (χ3v) is 7.49. The number of amides is 2. The highest BCUT2D eigenvalue weighted by Crippen LogP contribution is 2.40. The van der Waals surface area contributed by atoms with Crippen molar-refractivity contribution in [2.75, 3.05) is 56.7 Å². The Bertz CT molecular complexity index is 1330. The van der Waals surface area contributed by atoms with Gasteiger partial charge in [0.15, 0.2) is 5.69 Å². The van der Waals surface area contributed by atoms with Gasteiger partial charge in [-0.3, -0.25) is 19.5 Å². The molecular weight excluding hydrogens is 663 g/mol. The van der Waals surface area contributed by atoms with Gasteiger partial charge < -0.3 is 25.0 Å². The number of anilines is 2. The number of fused-ring (bicyclic) bond motifs is 1. The van der Waals surface area contributed by atoms with Gasteiger partial charge >= 0.3 is 5.97 Å². The Balaban J connectivity index is 0.00000154. The molecule has 45 heavy (non-hydrogen) atoms. The van der Waals surface area contributed by atoms with E-state index in [1.54, 1.807) is 30.7 Å². The minimum Gasteiger partial charge on any atom is -0.493 e. The highest BCUT2D eigenvalue weighted by Gasteiger charge is 2.45. The van der Waals surface area contributed by atoms with Crippen LogP contribution in [0, 0.1) is 5.41 Å². The molecule has 0 radical (unpaired) electrons. The molecule has 0 saturated heterocycles. The molecule has 3 heterocycles. The van der Waals surface area contributed by atoms with Gasteiger partial charge in [0.25, 0.3) is 0 Å². The van der Waals surface area contributed by atoms with Gasteiger partial charge in [0, 0.05) is 63.6 Å². The van der Waals surface area contributed by atoms with E-state index < -0.39 is 11.4 Å². The lowest BCUT2D eigenvalue weighted by atomic mass is 9.90. The zero-order valence-electron chi connectivity index (χ0n) is 26.1. The van der Waals surface area contributed by atoms with E-state index in [2.05, 4.69) is 20.2 Å². The Hall–Kier alpha value is -3.00. The molecule has 0 bridgehead atoms. The fraction of sp³-hybridized carbons (Fsp3) is 0.433. The number of carboxylic acids is 1. The number of hydrogen-bond acceptors (Lipinski definition) is 9. The number of halogens is 3. The molecule has 0 spiro atoms. The van der Waals surface area contributed by atoms with Gasteiger partial charge in [0.1, 0.15) is 11.2 Å². The molecule has 3 aromatic rings. The summed E-state index contributed by atoms with van der Waals surface area (Å²) in [5.41, 5.74) is 3.16. The number of carboxylic acid groups (broad SMARTS) is 1. The summed E-state index contributed by atoms with van der Waals surface area (Å²) in [7, 11) is 3.68. The van der Waals surface area contributed by atoms with Gasteiger partial charge in [-0.25, -0.2) is 9.78 Å². The number of aromatic carboxylic acids is 1. The molecule has 0 saturated carbocycles. The Morgan fingerprint density at radius 3 is 2.31 bits per heavy atom. The number of nitrogens with one attached hydrogen (secondary N) is 1. The molecule has 11 nitrogen and oxygen atoms in total. The summed E-state index contributed by atoms with van der Waals surface area (Å²) in [5.74, 6) is -0.679. The van der Waals surface area contributed by atoms with Crippen LogP contribution in [-0.2, 0) is 16.1 Å². The van der Waals surface area contributed by atoms with E-state index in [-0.39, 0.29) is 54.7 Å². The molecule has 15 heteroatoms. The summed E-state index contributed by atoms with van der Waals surface area (Å²) in [5, 5.41) is 12.9. The molecule has 2 amide bonds. The summed E-state index contributed by atoms with van der Waals surface area (Å²) in [6.45, 7) is 9.98. The summed E-state index contributed by atoms with van der Waals surface area (Å²) in [4.78, 5) is 49.3. The molecule has 0 unspecified atom stereocenters. The van der Waals surface area contributed by atoms with Crippen molar-refractivity contribution in [3.63, 3.8) is 0 Å². The van der Waals surface area contributed by atoms with Crippen molar-refractivity contribution < 1.29 is 24.2 Å². The van der Waals surface area contributed by atoms with Crippen LogP contribution in [-0.4, -0.2) is 84.6 Å². The van der Waals surface area contributed by atoms with E-state index in [0.29, 0.717) is 24.6 Å². The van der Waals surface area contributed by atoms with Crippen molar-refractivity contribution in [3.8, 4) is 5.75 Å². The molecule has 0 fully saturated rings. The van der Waals surface area contributed by atoms with Crippen LogP contribution >= 0.6 is 48.6 Å². The largest absolute Gasteiger partial charge is 0.493 e. The maximum Gasteiger partial charge on any atom is 0.355 e. The zero-order chi connectivity index (χ0) is 30.7. The average molecular weight is 706 g/mol. The van der Waals surface area contributed by atoms with Crippen LogP contribution in [0.4, 0.5) is 11.4 Å². The Morgan fingerprint density at radius 2 is 1.76 bits per heavy atom. The SMILES string of the molecule is CCN1C(=O)C(C)(C)C(=O)N(C)c2cc(OCCCN(CCNC)Cc3ccncc3)ccc21.Cl.Cl.Cl.O=C(O)c1cscn1. The van der Waals surface area contributed by atoms with Crippen LogP contribution in [0.5, 0.6) is 5.75 Å². The van der Waals surface area contributed by atoms with E-state index in [0.717, 1.165) is 38.3 Å². The molecular formula is C30H43Cl3N6O5S. The third-order valence-electron chi connectivity index (χ3n) is 6.91. The summed E-state index contributed by atoms with van der Waals surface area (Å²) in [6.07, 6.45) is 4.51. The van der Waals surface area contributed by atoms with E-state index in [9.17, 15) is 14.4 Å². The van der Waals surface area contributed by atoms with Gasteiger partial charge in [0.2, 0.25) is 11.8 Å². The lowest BCUT2D eigenvalue weighted by molar-refractivity contribution is -0.137. The number of carbonyl (C=O) groups excluding carboxylic acids is 2. The van der Waals surface area contributed by atoms with Crippen LogP contribution in [0.1, 0.15) is 43.2 Å². The number of nitrogens with zero attached hydrogens (tertiary/aromatic N) is 5. The predicted octanol–water partition coefficient (Wildman–Crippen LogP) is 5.03. The smallest absolute Gasteiger partial charge is 0.355 e. The zero-order valence-corrected chi connectivity index (χ0v) is 29.4. The quantitative estimate of drug-likeness (QED) is 0.197. The van der Waals surface area contributed by atoms with Crippen LogP contribution < -0.4 is 19.9 Å². The minimum absolute atomic E-state index is 0. The summed E-state index contributed by atoms with van der Waals surface area (Å²) >= 11 is 1.28. The second kappa shape index (κ2) is 20.2. The maximum atomic E-state index is 13.0. The normalized spacial score (nSPS) is 13.3. The van der Waals surface area contributed by atoms with Crippen molar-refractivity contribution in [2.24, 2.45) is 5.41 Å². The van der Waals surface area contributed by atoms with Crippen molar-refractivity contribution in [2.45, 2.75) is 33.7 Å². The highest BCUT2D eigenvalue weighted by atomic mass is 35.5. The standard InChI is InChI=1S/C26H37N5O3.C4H3NO2S.3ClH/c1-6-31-22-9-8-21(18-23(22)29(5)24(32)26(2,3)25(31)33)34-17-7-15-30(16-14-27-4)19-20-10-12-28-13-11-20;6-4(7)3-1-8-2-5-3;;;/h8-13,18,27H,6-7,14-17,19H2,1-5H3;1-2H,(H,6,7);3*1H. The van der Waals surface area contributed by atoms with Crippen molar-refractivity contribution in [3.05, 3.63) is 64.9 Å². The second-order valence-corrected chi connectivity index (χ2v) is 11.0. The monoisotopic (exact) mass is 704 g/mol. The first-order chi connectivity index (χ1) is 20.1. The number of thiazole rings is 1. The average Bonchev–Trinajstić information content (AvgIpc) is 3.53. The van der Waals surface area contributed by atoms with Crippen molar-refractivity contribution in [1.82, 2.24) is 20.2 Å². The van der Waals surface area contributed by atoms with E-state index >= 15 is 0 Å². The minimum atomic E-state index is -1.11. The topological polar surface area (TPSA) is 128 Å². The Morgan fingerprint density at radius 1 is 1.07 bits per heavy atom. The molecule has 2 N–H and O–H groups in total. The van der Waals surface area contributed by atoms with E-state index in [1.165, 1.54) is 27.8 Å². The summed E-state index contributed by atoms with van der Waals surface area (Å²) in [6, 6.07) is 9.70. The third kappa shape index (κ3) is 11.4. The molecule has 1 aliphatic rings. The van der Waals surface area contributed by atoms with Crippen molar-refractivity contribution in [1.29, 1.82) is 0 Å². The molecule has 0 aliphatic carbocycles. The number of benzene rings is 1. The second-order valence-electron chi connectivity index (χ2n) is 10.3. The Kier molecular flexibility index (Phi) is 18.8. The van der Waals surface area contributed by atoms with Crippen LogP contribution in [0.15, 0.2) is 53.6 Å². The van der Waals surface area contributed by atoms with Gasteiger partial charge in [0.05, 0.1) is 23.5 Å². The first-order valence-electron chi connectivity index (χ1n) is 13.8. The number of pyridine rings is 1. The van der Waals surface area contributed by atoms with Gasteiger partial charge in [-0.1, -0.05) is 0 Å². The molecule has 4 rings (SSSR count). The van der Waals surface area contributed by atoms with Gasteiger partial charge in [-0.05, 0) is 64.1 Å². The molecule has 1 aliphatic heterocycles. The number of ether oxygens (including phenoxy) is 1. The van der Waals surface area contributed by atoms with Crippen LogP contribution in [0.2, 0.25) is 0 Å². The van der Waals surface area contributed by atoms with Crippen molar-refractivity contribution >= 4 is 77.7 Å². The van der Waals surface area contributed by atoms with E-state index in [4.69, 9.17) is 9.84 Å². The maximum absolute atomic E-state index is 13.0. The fourth-order valence-electron chi connectivity index (χ4n) is 4.55. The molecule has 0 atom stereocenters.